The Morgan fingerprint density at radius 3 is 2.68 bits per heavy atom. The summed E-state index contributed by atoms with van der Waals surface area (Å²) < 4.78 is 6.08. The second-order valence-electron chi connectivity index (χ2n) is 6.33. The van der Waals surface area contributed by atoms with Crippen LogP contribution in [-0.4, -0.2) is 23.7 Å². The van der Waals surface area contributed by atoms with Gasteiger partial charge in [-0.2, -0.15) is 0 Å². The second-order valence-corrected chi connectivity index (χ2v) is 6.33. The molecule has 0 bridgehead atoms. The summed E-state index contributed by atoms with van der Waals surface area (Å²) in [6, 6.07) is 8.80. The van der Waals surface area contributed by atoms with Gasteiger partial charge in [0.2, 0.25) is 0 Å². The van der Waals surface area contributed by atoms with Crippen molar-refractivity contribution < 1.29 is 4.74 Å². The molecule has 0 radical (unpaired) electrons. The van der Waals surface area contributed by atoms with E-state index in [0.29, 0.717) is 6.04 Å². The molecule has 1 N–H and O–H groups in total. The van der Waals surface area contributed by atoms with Crippen LogP contribution in [0.4, 0.5) is 0 Å². The van der Waals surface area contributed by atoms with Gasteiger partial charge in [0.05, 0.1) is 6.04 Å². The van der Waals surface area contributed by atoms with E-state index in [2.05, 4.69) is 48.5 Å². The Morgan fingerprint density at radius 1 is 1.16 bits per heavy atom. The smallest absolute Gasteiger partial charge is 0.124 e. The molecule has 2 aliphatic rings. The molecular formula is C16H24N2O. The fourth-order valence-corrected chi connectivity index (χ4v) is 3.16. The number of nitrogens with one attached hydrogen (secondary N) is 1. The monoisotopic (exact) mass is 260 g/mol. The molecule has 0 saturated carbocycles. The Bertz CT molecular complexity index is 438. The third-order valence-corrected chi connectivity index (χ3v) is 4.07. The molecule has 1 unspecified atom stereocenters. The van der Waals surface area contributed by atoms with Crippen LogP contribution in [0.5, 0.6) is 5.75 Å². The standard InChI is InChI=1S/C16H24N2O/c1-16(2)12-14(17-18-10-6-3-7-11-18)13-8-4-5-9-15(13)19-16/h4-5,8-9,14,17H,3,6-7,10-12H2,1-2H3. The SMILES string of the molecule is CC1(C)CC(NN2CCCCC2)c2ccccc2O1. The van der Waals surface area contributed by atoms with E-state index in [4.69, 9.17) is 4.74 Å². The molecule has 1 aromatic rings. The molecule has 1 aromatic carbocycles. The van der Waals surface area contributed by atoms with Crippen LogP contribution in [0, 0.1) is 0 Å². The molecule has 3 nitrogen and oxygen atoms in total. The zero-order chi connectivity index (χ0) is 13.3. The molecule has 104 valence electrons. The summed E-state index contributed by atoms with van der Waals surface area (Å²) in [6.07, 6.45) is 5.00. The summed E-state index contributed by atoms with van der Waals surface area (Å²) in [4.78, 5) is 0. The lowest BCUT2D eigenvalue weighted by atomic mass is 9.90. The van der Waals surface area contributed by atoms with Crippen LogP contribution in [0.15, 0.2) is 24.3 Å². The molecule has 0 aromatic heterocycles. The predicted molar refractivity (Wildman–Crippen MR) is 77.1 cm³/mol. The van der Waals surface area contributed by atoms with E-state index in [9.17, 15) is 0 Å². The minimum absolute atomic E-state index is 0.0954. The topological polar surface area (TPSA) is 24.5 Å². The Kier molecular flexibility index (Phi) is 3.50. The molecule has 0 spiro atoms. The summed E-state index contributed by atoms with van der Waals surface area (Å²) in [6.45, 7) is 6.68. The first-order chi connectivity index (χ1) is 9.14. The van der Waals surface area contributed by atoms with Gasteiger partial charge >= 0.3 is 0 Å². The first kappa shape index (κ1) is 12.9. The maximum absolute atomic E-state index is 6.08. The van der Waals surface area contributed by atoms with Crippen molar-refractivity contribution in [1.82, 2.24) is 10.4 Å². The van der Waals surface area contributed by atoms with Crippen LogP contribution < -0.4 is 10.2 Å². The number of benzene rings is 1. The van der Waals surface area contributed by atoms with Crippen LogP contribution in [-0.2, 0) is 0 Å². The van der Waals surface area contributed by atoms with Gasteiger partial charge in [-0.3, -0.25) is 0 Å². The summed E-state index contributed by atoms with van der Waals surface area (Å²) >= 11 is 0. The lowest BCUT2D eigenvalue weighted by Crippen LogP contribution is -2.48. The Labute approximate surface area is 115 Å². The minimum atomic E-state index is -0.0954. The van der Waals surface area contributed by atoms with Crippen LogP contribution in [0.2, 0.25) is 0 Å². The zero-order valence-electron chi connectivity index (χ0n) is 12.0. The third kappa shape index (κ3) is 2.93. The zero-order valence-corrected chi connectivity index (χ0v) is 12.0. The molecular weight excluding hydrogens is 236 g/mol. The lowest BCUT2D eigenvalue weighted by molar-refractivity contribution is 0.0361. The number of rotatable bonds is 2. The molecule has 0 aliphatic carbocycles. The van der Waals surface area contributed by atoms with Crippen molar-refractivity contribution in [3.05, 3.63) is 29.8 Å². The molecule has 19 heavy (non-hydrogen) atoms. The molecule has 3 heteroatoms. The molecule has 1 fully saturated rings. The Morgan fingerprint density at radius 2 is 1.89 bits per heavy atom. The van der Waals surface area contributed by atoms with Gasteiger partial charge < -0.3 is 4.74 Å². The van der Waals surface area contributed by atoms with Crippen LogP contribution >= 0.6 is 0 Å². The van der Waals surface area contributed by atoms with Crippen molar-refractivity contribution in [3.63, 3.8) is 0 Å². The molecule has 2 heterocycles. The van der Waals surface area contributed by atoms with E-state index >= 15 is 0 Å². The predicted octanol–water partition coefficient (Wildman–Crippen LogP) is 3.28. The Balaban J connectivity index is 1.79. The van der Waals surface area contributed by atoms with Crippen molar-refractivity contribution in [2.24, 2.45) is 0 Å². The first-order valence-electron chi connectivity index (χ1n) is 7.43. The maximum Gasteiger partial charge on any atom is 0.124 e. The van der Waals surface area contributed by atoms with E-state index < -0.39 is 0 Å². The number of nitrogens with zero attached hydrogens (tertiary/aromatic N) is 1. The fourth-order valence-electron chi connectivity index (χ4n) is 3.16. The minimum Gasteiger partial charge on any atom is -0.487 e. The van der Waals surface area contributed by atoms with Crippen molar-refractivity contribution in [3.8, 4) is 5.75 Å². The molecule has 2 aliphatic heterocycles. The maximum atomic E-state index is 6.08. The molecule has 1 atom stereocenters. The van der Waals surface area contributed by atoms with E-state index in [1.54, 1.807) is 0 Å². The van der Waals surface area contributed by atoms with Crippen molar-refractivity contribution >= 4 is 0 Å². The van der Waals surface area contributed by atoms with Gasteiger partial charge in [-0.25, -0.2) is 10.4 Å². The van der Waals surface area contributed by atoms with Gasteiger partial charge in [-0.15, -0.1) is 0 Å². The van der Waals surface area contributed by atoms with Gasteiger partial charge in [-0.1, -0.05) is 24.6 Å². The highest BCUT2D eigenvalue weighted by Crippen LogP contribution is 2.39. The van der Waals surface area contributed by atoms with Gasteiger partial charge in [0, 0.05) is 25.1 Å². The average molecular weight is 260 g/mol. The van der Waals surface area contributed by atoms with E-state index in [1.165, 1.54) is 37.9 Å². The summed E-state index contributed by atoms with van der Waals surface area (Å²) in [5.74, 6) is 1.04. The highest BCUT2D eigenvalue weighted by Gasteiger charge is 2.34. The van der Waals surface area contributed by atoms with Crippen LogP contribution in [0.3, 0.4) is 0 Å². The number of piperidine rings is 1. The Hall–Kier alpha value is -1.06. The highest BCUT2D eigenvalue weighted by molar-refractivity contribution is 5.38. The first-order valence-corrected chi connectivity index (χ1v) is 7.43. The molecule has 0 amide bonds. The third-order valence-electron chi connectivity index (χ3n) is 4.07. The average Bonchev–Trinajstić information content (AvgIpc) is 2.38. The van der Waals surface area contributed by atoms with E-state index in [-0.39, 0.29) is 5.60 Å². The quantitative estimate of drug-likeness (QED) is 0.883. The second kappa shape index (κ2) is 5.14. The van der Waals surface area contributed by atoms with Crippen LogP contribution in [0.25, 0.3) is 0 Å². The van der Waals surface area contributed by atoms with Gasteiger partial charge in [-0.05, 0) is 32.8 Å². The number of hydrazine groups is 1. The number of fused-ring (bicyclic) bond motifs is 1. The summed E-state index contributed by atoms with van der Waals surface area (Å²) in [5, 5.41) is 2.40. The van der Waals surface area contributed by atoms with Gasteiger partial charge in [0.1, 0.15) is 11.4 Å². The summed E-state index contributed by atoms with van der Waals surface area (Å²) in [7, 11) is 0. The fraction of sp³-hybridized carbons (Fsp3) is 0.625. The largest absolute Gasteiger partial charge is 0.487 e. The number of hydrogen-bond donors (Lipinski definition) is 1. The number of para-hydroxylation sites is 1. The molecule has 1 saturated heterocycles. The number of ether oxygens (including phenoxy) is 1. The normalized spacial score (nSPS) is 26.5. The van der Waals surface area contributed by atoms with Gasteiger partial charge in [0.25, 0.3) is 0 Å². The van der Waals surface area contributed by atoms with Crippen molar-refractivity contribution in [1.29, 1.82) is 0 Å². The lowest BCUT2D eigenvalue weighted by Gasteiger charge is -2.40. The highest BCUT2D eigenvalue weighted by atomic mass is 16.5. The number of hydrogen-bond acceptors (Lipinski definition) is 3. The van der Waals surface area contributed by atoms with Crippen LogP contribution in [0.1, 0.15) is 51.1 Å². The van der Waals surface area contributed by atoms with Crippen molar-refractivity contribution in [2.75, 3.05) is 13.1 Å². The van der Waals surface area contributed by atoms with Gasteiger partial charge in [0.15, 0.2) is 0 Å². The van der Waals surface area contributed by atoms with E-state index in [0.717, 1.165) is 12.2 Å². The van der Waals surface area contributed by atoms with Crippen molar-refractivity contribution in [2.45, 2.75) is 51.2 Å². The summed E-state index contributed by atoms with van der Waals surface area (Å²) in [5.41, 5.74) is 4.93. The van der Waals surface area contributed by atoms with E-state index in [1.807, 2.05) is 0 Å². The molecule has 3 rings (SSSR count).